The van der Waals surface area contributed by atoms with Crippen LogP contribution in [0.15, 0.2) is 54.2 Å². The number of hydrogen-bond acceptors (Lipinski definition) is 6. The summed E-state index contributed by atoms with van der Waals surface area (Å²) in [6.45, 7) is 8.21. The van der Waals surface area contributed by atoms with Crippen molar-refractivity contribution in [1.82, 2.24) is 9.97 Å². The zero-order valence-corrected chi connectivity index (χ0v) is 18.9. The Morgan fingerprint density at radius 1 is 0.903 bits per heavy atom. The van der Waals surface area contributed by atoms with Gasteiger partial charge in [-0.05, 0) is 48.7 Å². The highest BCUT2D eigenvalue weighted by atomic mass is 32.1. The molecule has 0 N–H and O–H groups in total. The van der Waals surface area contributed by atoms with Crippen molar-refractivity contribution in [2.24, 2.45) is 0 Å². The van der Waals surface area contributed by atoms with Gasteiger partial charge in [0.05, 0.1) is 12.5 Å². The molecule has 2 aromatic carbocycles. The third-order valence-corrected chi connectivity index (χ3v) is 6.92. The molecule has 0 amide bonds. The zero-order valence-electron chi connectivity index (χ0n) is 18.1. The van der Waals surface area contributed by atoms with Crippen LogP contribution < -0.4 is 14.5 Å². The van der Waals surface area contributed by atoms with E-state index in [0.717, 1.165) is 53.5 Å². The number of fused-ring (bicyclic) bond motifs is 1. The smallest absolute Gasteiger partial charge is 0.141 e. The van der Waals surface area contributed by atoms with Gasteiger partial charge in [-0.2, -0.15) is 0 Å². The number of thiophene rings is 1. The van der Waals surface area contributed by atoms with Crippen molar-refractivity contribution in [3.05, 3.63) is 65.3 Å². The molecule has 158 valence electrons. The second-order valence-corrected chi connectivity index (χ2v) is 8.88. The molecule has 2 aromatic heterocycles. The van der Waals surface area contributed by atoms with Crippen molar-refractivity contribution < 1.29 is 4.74 Å². The van der Waals surface area contributed by atoms with Crippen LogP contribution in [-0.2, 0) is 0 Å². The molecule has 0 saturated carbocycles. The molecule has 1 aliphatic rings. The van der Waals surface area contributed by atoms with Gasteiger partial charge in [0, 0.05) is 42.8 Å². The number of anilines is 2. The first kappa shape index (κ1) is 19.8. The lowest BCUT2D eigenvalue weighted by atomic mass is 10.1. The van der Waals surface area contributed by atoms with Crippen LogP contribution in [0, 0.1) is 13.8 Å². The first-order valence-corrected chi connectivity index (χ1v) is 11.5. The summed E-state index contributed by atoms with van der Waals surface area (Å²) in [6.07, 6.45) is 1.70. The van der Waals surface area contributed by atoms with Gasteiger partial charge in [0.1, 0.15) is 22.7 Å². The van der Waals surface area contributed by atoms with Gasteiger partial charge < -0.3 is 14.5 Å². The monoisotopic (exact) mass is 430 g/mol. The average molecular weight is 431 g/mol. The SMILES string of the molecule is COc1ccc(-c2csc3ncnc(N4CCN(c5cc(C)ccc5C)CC4)c23)cc1. The van der Waals surface area contributed by atoms with Gasteiger partial charge >= 0.3 is 0 Å². The Labute approximate surface area is 186 Å². The van der Waals surface area contributed by atoms with Crippen molar-refractivity contribution in [3.8, 4) is 16.9 Å². The first-order chi connectivity index (χ1) is 15.1. The fraction of sp³-hybridized carbons (Fsp3) is 0.280. The van der Waals surface area contributed by atoms with Gasteiger partial charge in [-0.3, -0.25) is 0 Å². The summed E-state index contributed by atoms with van der Waals surface area (Å²) in [5.41, 5.74) is 6.35. The number of methoxy groups -OCH3 is 1. The summed E-state index contributed by atoms with van der Waals surface area (Å²) >= 11 is 1.68. The summed E-state index contributed by atoms with van der Waals surface area (Å²) in [5.74, 6) is 1.90. The molecule has 6 heteroatoms. The number of rotatable bonds is 4. The molecule has 0 bridgehead atoms. The molecule has 0 spiro atoms. The predicted octanol–water partition coefficient (Wildman–Crippen LogP) is 5.31. The second kappa shape index (κ2) is 8.19. The van der Waals surface area contributed by atoms with Gasteiger partial charge in [0.15, 0.2) is 0 Å². The standard InChI is InChI=1S/C25H26N4OS/c1-17-4-5-18(2)22(14-17)28-10-12-29(13-11-28)24-23-21(15-31-25(23)27-16-26-24)19-6-8-20(30-3)9-7-19/h4-9,14-16H,10-13H2,1-3H3. The molecular formula is C25H26N4OS. The molecular weight excluding hydrogens is 404 g/mol. The second-order valence-electron chi connectivity index (χ2n) is 8.02. The number of benzene rings is 2. The zero-order chi connectivity index (χ0) is 21.4. The van der Waals surface area contributed by atoms with E-state index in [1.165, 1.54) is 22.4 Å². The Balaban J connectivity index is 1.44. The molecule has 0 radical (unpaired) electrons. The molecule has 1 aliphatic heterocycles. The summed E-state index contributed by atoms with van der Waals surface area (Å²) in [7, 11) is 1.69. The van der Waals surface area contributed by atoms with E-state index in [0.29, 0.717) is 0 Å². The minimum Gasteiger partial charge on any atom is -0.497 e. The minimum atomic E-state index is 0.863. The molecule has 3 heterocycles. The topological polar surface area (TPSA) is 41.5 Å². The number of aromatic nitrogens is 2. The quantitative estimate of drug-likeness (QED) is 0.439. The van der Waals surface area contributed by atoms with Crippen molar-refractivity contribution >= 4 is 33.1 Å². The highest BCUT2D eigenvalue weighted by molar-refractivity contribution is 7.17. The van der Waals surface area contributed by atoms with E-state index in [1.807, 2.05) is 12.1 Å². The largest absolute Gasteiger partial charge is 0.497 e. The van der Waals surface area contributed by atoms with Crippen LogP contribution in [0.25, 0.3) is 21.3 Å². The van der Waals surface area contributed by atoms with Crippen LogP contribution in [0.4, 0.5) is 11.5 Å². The third kappa shape index (κ3) is 3.72. The van der Waals surface area contributed by atoms with E-state index < -0.39 is 0 Å². The molecule has 0 unspecified atom stereocenters. The molecule has 31 heavy (non-hydrogen) atoms. The van der Waals surface area contributed by atoms with Crippen LogP contribution in [0.3, 0.4) is 0 Å². The average Bonchev–Trinajstić information content (AvgIpc) is 3.25. The van der Waals surface area contributed by atoms with Gasteiger partial charge in [-0.1, -0.05) is 24.3 Å². The van der Waals surface area contributed by atoms with Gasteiger partial charge in [0.25, 0.3) is 0 Å². The first-order valence-electron chi connectivity index (χ1n) is 10.6. The van der Waals surface area contributed by atoms with Crippen LogP contribution in [0.5, 0.6) is 5.75 Å². The van der Waals surface area contributed by atoms with E-state index in [9.17, 15) is 0 Å². The lowest BCUT2D eigenvalue weighted by molar-refractivity contribution is 0.415. The van der Waals surface area contributed by atoms with E-state index in [2.05, 4.69) is 64.3 Å². The van der Waals surface area contributed by atoms with Crippen molar-refractivity contribution in [2.45, 2.75) is 13.8 Å². The fourth-order valence-electron chi connectivity index (χ4n) is 4.30. The fourth-order valence-corrected chi connectivity index (χ4v) is 5.21. The third-order valence-electron chi connectivity index (χ3n) is 6.04. The Bertz CT molecular complexity index is 1210. The Kier molecular flexibility index (Phi) is 5.24. The number of ether oxygens (including phenoxy) is 1. The summed E-state index contributed by atoms with van der Waals surface area (Å²) < 4.78 is 5.32. The summed E-state index contributed by atoms with van der Waals surface area (Å²) in [6, 6.07) is 14.9. The van der Waals surface area contributed by atoms with Crippen LogP contribution >= 0.6 is 11.3 Å². The van der Waals surface area contributed by atoms with Crippen LogP contribution in [0.2, 0.25) is 0 Å². The summed E-state index contributed by atoms with van der Waals surface area (Å²) in [4.78, 5) is 15.2. The van der Waals surface area contributed by atoms with Crippen molar-refractivity contribution in [2.75, 3.05) is 43.1 Å². The van der Waals surface area contributed by atoms with E-state index >= 15 is 0 Å². The number of piperazine rings is 1. The van der Waals surface area contributed by atoms with Crippen LogP contribution in [0.1, 0.15) is 11.1 Å². The van der Waals surface area contributed by atoms with Gasteiger partial charge in [-0.15, -0.1) is 11.3 Å². The molecule has 1 saturated heterocycles. The Hall–Kier alpha value is -3.12. The lowest BCUT2D eigenvalue weighted by Gasteiger charge is -2.37. The summed E-state index contributed by atoms with van der Waals surface area (Å²) in [5, 5.41) is 3.34. The molecule has 4 aromatic rings. The maximum atomic E-state index is 5.32. The maximum Gasteiger partial charge on any atom is 0.141 e. The van der Waals surface area contributed by atoms with Crippen molar-refractivity contribution in [1.29, 1.82) is 0 Å². The molecule has 5 rings (SSSR count). The highest BCUT2D eigenvalue weighted by Gasteiger charge is 2.23. The Morgan fingerprint density at radius 2 is 1.65 bits per heavy atom. The number of aryl methyl sites for hydroxylation is 2. The molecule has 0 atom stereocenters. The maximum absolute atomic E-state index is 5.32. The normalized spacial score (nSPS) is 14.3. The highest BCUT2D eigenvalue weighted by Crippen LogP contribution is 2.38. The van der Waals surface area contributed by atoms with Crippen LogP contribution in [-0.4, -0.2) is 43.3 Å². The molecule has 1 fully saturated rings. The number of hydrogen-bond donors (Lipinski definition) is 0. The van der Waals surface area contributed by atoms with Gasteiger partial charge in [-0.25, -0.2) is 9.97 Å². The number of nitrogens with zero attached hydrogens (tertiary/aromatic N) is 4. The minimum absolute atomic E-state index is 0.863. The van der Waals surface area contributed by atoms with E-state index in [4.69, 9.17) is 9.72 Å². The Morgan fingerprint density at radius 3 is 2.39 bits per heavy atom. The van der Waals surface area contributed by atoms with E-state index in [1.54, 1.807) is 24.8 Å². The van der Waals surface area contributed by atoms with E-state index in [-0.39, 0.29) is 0 Å². The van der Waals surface area contributed by atoms with Gasteiger partial charge in [0.2, 0.25) is 0 Å². The molecule has 0 aliphatic carbocycles. The molecule has 5 nitrogen and oxygen atoms in total. The lowest BCUT2D eigenvalue weighted by Crippen LogP contribution is -2.47. The van der Waals surface area contributed by atoms with Crippen molar-refractivity contribution in [3.63, 3.8) is 0 Å². The predicted molar refractivity (Wildman–Crippen MR) is 130 cm³/mol.